The molecule has 0 atom stereocenters. The van der Waals surface area contributed by atoms with E-state index >= 15 is 0 Å². The summed E-state index contributed by atoms with van der Waals surface area (Å²) in [6, 6.07) is 66.2. The lowest BCUT2D eigenvalue weighted by Gasteiger charge is -2.12. The van der Waals surface area contributed by atoms with Crippen molar-refractivity contribution in [1.29, 1.82) is 0 Å². The molecule has 13 rings (SSSR count). The Morgan fingerprint density at radius 3 is 0.786 bits per heavy atom. The van der Waals surface area contributed by atoms with Gasteiger partial charge < -0.3 is 8.83 Å². The number of benzene rings is 11. The third-order valence-electron chi connectivity index (χ3n) is 12.2. The molecule has 2 nitrogen and oxygen atoms in total. The average molecular weight is 711 g/mol. The van der Waals surface area contributed by atoms with Crippen molar-refractivity contribution in [1.82, 2.24) is 0 Å². The van der Waals surface area contributed by atoms with E-state index in [1.54, 1.807) is 0 Å². The van der Waals surface area contributed by atoms with E-state index in [0.717, 1.165) is 55.0 Å². The van der Waals surface area contributed by atoms with Crippen LogP contribution in [0.5, 0.6) is 0 Å². The summed E-state index contributed by atoms with van der Waals surface area (Å²) < 4.78 is 13.2. The second-order valence-electron chi connectivity index (χ2n) is 15.1. The first-order chi connectivity index (χ1) is 27.7. The Kier molecular flexibility index (Phi) is 5.92. The Hall–Kier alpha value is -7.42. The summed E-state index contributed by atoms with van der Waals surface area (Å²) in [6.07, 6.45) is 0. The minimum Gasteiger partial charge on any atom is -0.452 e. The fraction of sp³-hybridized carbons (Fsp3) is 0. The summed E-state index contributed by atoms with van der Waals surface area (Å²) in [5, 5.41) is 19.6. The number of furan rings is 2. The predicted octanol–water partition coefficient (Wildman–Crippen LogP) is 15.7. The summed E-state index contributed by atoms with van der Waals surface area (Å²) in [4.78, 5) is 0. The Bertz CT molecular complexity index is 3500. The summed E-state index contributed by atoms with van der Waals surface area (Å²) in [5.41, 5.74) is 7.95. The van der Waals surface area contributed by atoms with Crippen molar-refractivity contribution in [2.45, 2.75) is 0 Å². The smallest absolute Gasteiger partial charge is 0.178 e. The van der Waals surface area contributed by atoms with Gasteiger partial charge in [0.1, 0.15) is 11.2 Å². The number of fused-ring (bicyclic) bond motifs is 19. The Morgan fingerprint density at radius 1 is 0.196 bits per heavy atom. The van der Waals surface area contributed by atoms with Gasteiger partial charge in [-0.1, -0.05) is 133 Å². The molecule has 0 N–H and O–H groups in total. The summed E-state index contributed by atoms with van der Waals surface area (Å²) in [6.45, 7) is 0. The highest BCUT2D eigenvalue weighted by Crippen LogP contribution is 2.43. The van der Waals surface area contributed by atoms with Gasteiger partial charge in [0.15, 0.2) is 11.2 Å². The van der Waals surface area contributed by atoms with Crippen LogP contribution >= 0.6 is 0 Å². The first-order valence-corrected chi connectivity index (χ1v) is 19.2. The van der Waals surface area contributed by atoms with Gasteiger partial charge in [-0.2, -0.15) is 0 Å². The van der Waals surface area contributed by atoms with E-state index in [4.69, 9.17) is 8.83 Å². The second-order valence-corrected chi connectivity index (χ2v) is 15.1. The van der Waals surface area contributed by atoms with Gasteiger partial charge in [0.05, 0.1) is 0 Å². The minimum atomic E-state index is 0.785. The lowest BCUT2D eigenvalue weighted by Crippen LogP contribution is -1.85. The van der Waals surface area contributed by atoms with Gasteiger partial charge >= 0.3 is 0 Å². The van der Waals surface area contributed by atoms with Crippen LogP contribution in [0.25, 0.3) is 131 Å². The second kappa shape index (κ2) is 11.1. The Balaban J connectivity index is 0.948. The molecule has 258 valence electrons. The molecule has 0 fully saturated rings. The molecular formula is C54H30O2. The lowest BCUT2D eigenvalue weighted by molar-refractivity contribution is 0.633. The molecule has 2 heteroatoms. The van der Waals surface area contributed by atoms with Gasteiger partial charge in [-0.25, -0.2) is 0 Å². The van der Waals surface area contributed by atoms with Gasteiger partial charge in [-0.05, 0) is 135 Å². The van der Waals surface area contributed by atoms with Gasteiger partial charge in [-0.3, -0.25) is 0 Å². The first-order valence-electron chi connectivity index (χ1n) is 19.2. The molecule has 0 bridgehead atoms. The van der Waals surface area contributed by atoms with Crippen molar-refractivity contribution in [2.24, 2.45) is 0 Å². The topological polar surface area (TPSA) is 26.3 Å². The molecule has 13 aromatic rings. The highest BCUT2D eigenvalue weighted by atomic mass is 16.4. The maximum Gasteiger partial charge on any atom is 0.178 e. The lowest BCUT2D eigenvalue weighted by atomic mass is 9.92. The molecule has 0 aliphatic rings. The molecule has 11 aromatic carbocycles. The number of rotatable bonds is 2. The third kappa shape index (κ3) is 4.10. The van der Waals surface area contributed by atoms with Crippen LogP contribution in [-0.4, -0.2) is 0 Å². The van der Waals surface area contributed by atoms with Crippen molar-refractivity contribution in [3.05, 3.63) is 182 Å². The zero-order chi connectivity index (χ0) is 36.5. The molecule has 2 aromatic heterocycles. The highest BCUT2D eigenvalue weighted by molar-refractivity contribution is 6.27. The van der Waals surface area contributed by atoms with Crippen molar-refractivity contribution >= 4 is 109 Å². The van der Waals surface area contributed by atoms with E-state index < -0.39 is 0 Å². The van der Waals surface area contributed by atoms with E-state index in [2.05, 4.69) is 182 Å². The van der Waals surface area contributed by atoms with E-state index in [-0.39, 0.29) is 0 Å². The average Bonchev–Trinajstić information content (AvgIpc) is 3.84. The van der Waals surface area contributed by atoms with Crippen LogP contribution in [0.2, 0.25) is 0 Å². The SMILES string of the molecule is c1ccc2c(c1)c1ccccc1c1cc(-c3ccc4oc5c(ccc6c7cc(-c8ccc9c%10ccccc%10c%10ccccc%10c9c8)ccc7oc65)c4c3)ccc21. The van der Waals surface area contributed by atoms with Crippen molar-refractivity contribution in [2.75, 3.05) is 0 Å². The van der Waals surface area contributed by atoms with Gasteiger partial charge in [0.25, 0.3) is 0 Å². The Morgan fingerprint density at radius 2 is 0.446 bits per heavy atom. The molecule has 0 aliphatic heterocycles. The van der Waals surface area contributed by atoms with Crippen molar-refractivity contribution in [3.8, 4) is 22.3 Å². The number of hydrogen-bond acceptors (Lipinski definition) is 2. The van der Waals surface area contributed by atoms with E-state index in [0.29, 0.717) is 0 Å². The van der Waals surface area contributed by atoms with Gasteiger partial charge in [0.2, 0.25) is 0 Å². The van der Waals surface area contributed by atoms with Gasteiger partial charge in [0, 0.05) is 21.5 Å². The van der Waals surface area contributed by atoms with Gasteiger partial charge in [-0.15, -0.1) is 0 Å². The number of hydrogen-bond donors (Lipinski definition) is 0. The molecule has 2 heterocycles. The molecule has 0 radical (unpaired) electrons. The largest absolute Gasteiger partial charge is 0.452 e. The van der Waals surface area contributed by atoms with Crippen LogP contribution in [0.4, 0.5) is 0 Å². The molecule has 0 amide bonds. The van der Waals surface area contributed by atoms with E-state index in [1.165, 1.54) is 75.8 Å². The van der Waals surface area contributed by atoms with Crippen LogP contribution in [0.15, 0.2) is 191 Å². The molecule has 0 saturated carbocycles. The van der Waals surface area contributed by atoms with Crippen molar-refractivity contribution < 1.29 is 8.83 Å². The molecule has 56 heavy (non-hydrogen) atoms. The fourth-order valence-corrected chi connectivity index (χ4v) is 9.60. The Labute approximate surface area is 320 Å². The normalized spacial score (nSPS) is 12.3. The summed E-state index contributed by atoms with van der Waals surface area (Å²) >= 11 is 0. The predicted molar refractivity (Wildman–Crippen MR) is 237 cm³/mol. The summed E-state index contributed by atoms with van der Waals surface area (Å²) in [5.74, 6) is 0. The zero-order valence-corrected chi connectivity index (χ0v) is 30.1. The van der Waals surface area contributed by atoms with Crippen LogP contribution in [0.3, 0.4) is 0 Å². The molecule has 0 unspecified atom stereocenters. The van der Waals surface area contributed by atoms with E-state index in [9.17, 15) is 0 Å². The maximum absolute atomic E-state index is 6.61. The quantitative estimate of drug-likeness (QED) is 0.167. The monoisotopic (exact) mass is 710 g/mol. The molecule has 0 saturated heterocycles. The van der Waals surface area contributed by atoms with Crippen molar-refractivity contribution in [3.63, 3.8) is 0 Å². The molecular weight excluding hydrogens is 681 g/mol. The van der Waals surface area contributed by atoms with Crippen LogP contribution in [-0.2, 0) is 0 Å². The third-order valence-corrected chi connectivity index (χ3v) is 12.2. The van der Waals surface area contributed by atoms with Crippen LogP contribution < -0.4 is 0 Å². The summed E-state index contributed by atoms with van der Waals surface area (Å²) in [7, 11) is 0. The highest BCUT2D eigenvalue weighted by Gasteiger charge is 2.18. The zero-order valence-electron chi connectivity index (χ0n) is 30.1. The first kappa shape index (κ1) is 30.0. The standard InChI is InChI=1S/C54H30O2/c1-3-13-39-35(9-1)37-11-5-7-15-41(37)47-27-31(17-21-43(39)47)33-19-25-51-49(29-33)45-23-24-46-50-30-34(20-26-52(50)56-54(46)53(45)55-51)32-18-22-44-40-14-4-2-10-36(40)38-12-6-8-16-42(38)48(44)28-32/h1-30H. The molecule has 0 spiro atoms. The van der Waals surface area contributed by atoms with Crippen LogP contribution in [0, 0.1) is 0 Å². The fourth-order valence-electron chi connectivity index (χ4n) is 9.60. The van der Waals surface area contributed by atoms with Crippen LogP contribution in [0.1, 0.15) is 0 Å². The van der Waals surface area contributed by atoms with E-state index in [1.807, 2.05) is 0 Å². The molecule has 0 aliphatic carbocycles. The maximum atomic E-state index is 6.61. The minimum absolute atomic E-state index is 0.785.